The van der Waals surface area contributed by atoms with Crippen molar-refractivity contribution in [1.29, 1.82) is 0 Å². The molecule has 1 fully saturated rings. The molecule has 1 amide bonds. The largest absolute Gasteiger partial charge is 0.338 e. The van der Waals surface area contributed by atoms with Crippen LogP contribution in [0.2, 0.25) is 0 Å². The molecule has 1 aromatic carbocycles. The summed E-state index contributed by atoms with van der Waals surface area (Å²) in [5.41, 5.74) is 4.59. The van der Waals surface area contributed by atoms with Crippen LogP contribution in [0.5, 0.6) is 0 Å². The minimum atomic E-state index is -1.66. The summed E-state index contributed by atoms with van der Waals surface area (Å²) in [6, 6.07) is -0.0953. The highest BCUT2D eigenvalue weighted by molar-refractivity contribution is 5.95. The van der Waals surface area contributed by atoms with Crippen LogP contribution in [0.3, 0.4) is 0 Å². The van der Waals surface area contributed by atoms with Gasteiger partial charge in [-0.2, -0.15) is 0 Å². The van der Waals surface area contributed by atoms with Crippen LogP contribution in [-0.2, 0) is 0 Å². The van der Waals surface area contributed by atoms with Gasteiger partial charge >= 0.3 is 0 Å². The minimum Gasteiger partial charge on any atom is -0.338 e. The predicted octanol–water partition coefficient (Wildman–Crippen LogP) is 2.86. The third-order valence-electron chi connectivity index (χ3n) is 3.81. The predicted molar refractivity (Wildman–Crippen MR) is 75.8 cm³/mol. The van der Waals surface area contributed by atoms with Gasteiger partial charge in [-0.3, -0.25) is 4.79 Å². The van der Waals surface area contributed by atoms with Crippen LogP contribution in [0.4, 0.5) is 17.6 Å². The van der Waals surface area contributed by atoms with Crippen LogP contribution in [0.25, 0.3) is 0 Å². The van der Waals surface area contributed by atoms with Gasteiger partial charge in [0.2, 0.25) is 0 Å². The quantitative estimate of drug-likeness (QED) is 0.664. The molecule has 1 heterocycles. The van der Waals surface area contributed by atoms with E-state index in [-0.39, 0.29) is 43.5 Å². The number of benzene rings is 1. The zero-order chi connectivity index (χ0) is 15.7. The van der Waals surface area contributed by atoms with Gasteiger partial charge in [0, 0.05) is 25.2 Å². The number of likely N-dealkylation sites (tertiary alicyclic amines) is 1. The van der Waals surface area contributed by atoms with Crippen LogP contribution in [-0.4, -0.2) is 29.9 Å². The summed E-state index contributed by atoms with van der Waals surface area (Å²) in [5, 5.41) is 0. The van der Waals surface area contributed by atoms with Gasteiger partial charge in [-0.05, 0) is 25.7 Å². The maximum Gasteiger partial charge on any atom is 0.260 e. The Bertz CT molecular complexity index is 542. The fourth-order valence-corrected chi connectivity index (χ4v) is 2.54. The highest BCUT2D eigenvalue weighted by atomic mass is 35.5. The molecule has 22 heavy (non-hydrogen) atoms. The maximum atomic E-state index is 13.6. The van der Waals surface area contributed by atoms with Crippen molar-refractivity contribution < 1.29 is 22.4 Å². The number of carbonyl (C=O) groups is 1. The summed E-state index contributed by atoms with van der Waals surface area (Å²) >= 11 is 0. The first-order chi connectivity index (χ1) is 9.82. The van der Waals surface area contributed by atoms with Gasteiger partial charge in [0.1, 0.15) is 5.56 Å². The zero-order valence-electron chi connectivity index (χ0n) is 11.9. The number of halogens is 5. The van der Waals surface area contributed by atoms with Crippen molar-refractivity contribution in [3.05, 3.63) is 34.9 Å². The monoisotopic (exact) mass is 340 g/mol. The highest BCUT2D eigenvalue weighted by Gasteiger charge is 2.32. The molecule has 0 spiro atoms. The maximum absolute atomic E-state index is 13.6. The molecule has 0 saturated carbocycles. The van der Waals surface area contributed by atoms with Gasteiger partial charge in [-0.25, -0.2) is 17.6 Å². The Labute approximate surface area is 131 Å². The number of nitrogens with two attached hydrogens (primary N) is 1. The summed E-state index contributed by atoms with van der Waals surface area (Å²) in [7, 11) is 0. The second-order valence-electron chi connectivity index (χ2n) is 5.36. The average molecular weight is 341 g/mol. The van der Waals surface area contributed by atoms with E-state index >= 15 is 0 Å². The van der Waals surface area contributed by atoms with E-state index in [1.54, 1.807) is 6.92 Å². The SMILES string of the molecule is CC(N)C1CCCN(C(=O)c2c(F)c(F)cc(F)c2F)C1.Cl. The molecule has 1 aliphatic heterocycles. The molecule has 2 unspecified atom stereocenters. The van der Waals surface area contributed by atoms with Gasteiger partial charge in [0.25, 0.3) is 5.91 Å². The number of piperidine rings is 1. The second kappa shape index (κ2) is 7.28. The third-order valence-corrected chi connectivity index (χ3v) is 3.81. The molecule has 3 nitrogen and oxygen atoms in total. The van der Waals surface area contributed by atoms with Crippen LogP contribution in [0, 0.1) is 29.2 Å². The average Bonchev–Trinajstić information content (AvgIpc) is 2.45. The van der Waals surface area contributed by atoms with Crippen LogP contribution in [0.15, 0.2) is 6.07 Å². The van der Waals surface area contributed by atoms with Crippen LogP contribution >= 0.6 is 12.4 Å². The summed E-state index contributed by atoms with van der Waals surface area (Å²) in [5.74, 6) is -7.55. The summed E-state index contributed by atoms with van der Waals surface area (Å²) in [6.07, 6.45) is 1.42. The number of hydrogen-bond acceptors (Lipinski definition) is 2. The van der Waals surface area contributed by atoms with E-state index in [1.807, 2.05) is 0 Å². The van der Waals surface area contributed by atoms with Crippen molar-refractivity contribution in [2.45, 2.75) is 25.8 Å². The molecule has 1 aromatic rings. The fourth-order valence-electron chi connectivity index (χ4n) is 2.54. The Morgan fingerprint density at radius 2 is 1.82 bits per heavy atom. The molecular formula is C14H17ClF4N2O. The first-order valence-electron chi connectivity index (χ1n) is 6.70. The fraction of sp³-hybridized carbons (Fsp3) is 0.500. The number of carbonyl (C=O) groups excluding carboxylic acids is 1. The topological polar surface area (TPSA) is 46.3 Å². The van der Waals surface area contributed by atoms with Crippen molar-refractivity contribution in [2.24, 2.45) is 11.7 Å². The van der Waals surface area contributed by atoms with Crippen molar-refractivity contribution >= 4 is 18.3 Å². The Balaban J connectivity index is 0.00000242. The summed E-state index contributed by atoms with van der Waals surface area (Å²) in [6.45, 7) is 2.27. The standard InChI is InChI=1S/C14H16F4N2O.ClH/c1-7(19)8-3-2-4-20(6-8)14(21)11-12(17)9(15)5-10(16)13(11)18;/h5,7-8H,2-4,6,19H2,1H3;1H. The molecule has 0 bridgehead atoms. The highest BCUT2D eigenvalue weighted by Crippen LogP contribution is 2.25. The number of nitrogens with zero attached hydrogens (tertiary/aromatic N) is 1. The normalized spacial score (nSPS) is 19.5. The van der Waals surface area contributed by atoms with Gasteiger partial charge in [0.15, 0.2) is 23.3 Å². The lowest BCUT2D eigenvalue weighted by Crippen LogP contribution is -2.45. The number of amides is 1. The van der Waals surface area contributed by atoms with Gasteiger partial charge in [0.05, 0.1) is 0 Å². The number of hydrogen-bond donors (Lipinski definition) is 1. The molecule has 2 N–H and O–H groups in total. The lowest BCUT2D eigenvalue weighted by molar-refractivity contribution is 0.0648. The molecule has 1 aliphatic rings. The molecule has 2 rings (SSSR count). The third kappa shape index (κ3) is 3.52. The van der Waals surface area contributed by atoms with Crippen molar-refractivity contribution in [2.75, 3.05) is 13.1 Å². The smallest absolute Gasteiger partial charge is 0.260 e. The van der Waals surface area contributed by atoms with Crippen molar-refractivity contribution in [1.82, 2.24) is 4.90 Å². The van der Waals surface area contributed by atoms with E-state index < -0.39 is 34.7 Å². The first kappa shape index (κ1) is 18.7. The van der Waals surface area contributed by atoms with Crippen molar-refractivity contribution in [3.8, 4) is 0 Å². The molecule has 0 radical (unpaired) electrons. The number of rotatable bonds is 2. The minimum absolute atomic E-state index is 0. The molecule has 2 atom stereocenters. The molecular weight excluding hydrogens is 324 g/mol. The van der Waals surface area contributed by atoms with E-state index in [0.717, 1.165) is 6.42 Å². The van der Waals surface area contributed by atoms with E-state index in [4.69, 9.17) is 5.73 Å². The zero-order valence-corrected chi connectivity index (χ0v) is 12.7. The second-order valence-corrected chi connectivity index (χ2v) is 5.36. The lowest BCUT2D eigenvalue weighted by Gasteiger charge is -2.34. The molecule has 1 saturated heterocycles. The van der Waals surface area contributed by atoms with E-state index in [9.17, 15) is 22.4 Å². The molecule has 0 aromatic heterocycles. The van der Waals surface area contributed by atoms with E-state index in [0.29, 0.717) is 6.42 Å². The Morgan fingerprint density at radius 1 is 1.27 bits per heavy atom. The summed E-state index contributed by atoms with van der Waals surface area (Å²) in [4.78, 5) is 13.4. The van der Waals surface area contributed by atoms with Gasteiger partial charge in [-0.1, -0.05) is 0 Å². The van der Waals surface area contributed by atoms with Gasteiger partial charge in [-0.15, -0.1) is 12.4 Å². The van der Waals surface area contributed by atoms with Crippen LogP contribution in [0.1, 0.15) is 30.1 Å². The Kier molecular flexibility index (Phi) is 6.19. The Hall–Kier alpha value is -1.34. The first-order valence-corrected chi connectivity index (χ1v) is 6.70. The molecule has 8 heteroatoms. The molecule has 124 valence electrons. The van der Waals surface area contributed by atoms with E-state index in [1.165, 1.54) is 4.90 Å². The summed E-state index contributed by atoms with van der Waals surface area (Å²) < 4.78 is 53.7. The van der Waals surface area contributed by atoms with E-state index in [2.05, 4.69) is 0 Å². The molecule has 0 aliphatic carbocycles. The lowest BCUT2D eigenvalue weighted by atomic mass is 9.92. The Morgan fingerprint density at radius 3 is 2.32 bits per heavy atom. The van der Waals surface area contributed by atoms with Crippen molar-refractivity contribution in [3.63, 3.8) is 0 Å². The van der Waals surface area contributed by atoms with Gasteiger partial charge < -0.3 is 10.6 Å². The van der Waals surface area contributed by atoms with Crippen LogP contribution < -0.4 is 5.73 Å².